The molecule has 0 radical (unpaired) electrons. The molecule has 1 atom stereocenters. The maximum absolute atomic E-state index is 12.0. The van der Waals surface area contributed by atoms with Crippen LogP contribution in [0.2, 0.25) is 0 Å². The molecule has 96 valence electrons. The third-order valence-corrected chi connectivity index (χ3v) is 3.34. The number of rotatable bonds is 1. The van der Waals surface area contributed by atoms with Crippen molar-refractivity contribution in [1.82, 2.24) is 4.98 Å². The van der Waals surface area contributed by atoms with Crippen molar-refractivity contribution in [3.8, 4) is 0 Å². The van der Waals surface area contributed by atoms with Gasteiger partial charge in [-0.15, -0.1) is 0 Å². The molecule has 0 spiro atoms. The van der Waals surface area contributed by atoms with Crippen LogP contribution >= 0.6 is 0 Å². The van der Waals surface area contributed by atoms with Crippen molar-refractivity contribution >= 4 is 16.7 Å². The summed E-state index contributed by atoms with van der Waals surface area (Å²) < 4.78 is 5.33. The topological polar surface area (TPSA) is 85.4 Å². The molecule has 0 bridgehead atoms. The van der Waals surface area contributed by atoms with Crippen LogP contribution in [0.1, 0.15) is 12.5 Å². The highest BCUT2D eigenvalue weighted by Crippen LogP contribution is 2.36. The molecule has 0 saturated heterocycles. The largest absolute Gasteiger partial charge is 0.501 e. The van der Waals surface area contributed by atoms with Crippen LogP contribution in [-0.4, -0.2) is 15.9 Å². The van der Waals surface area contributed by atoms with Crippen LogP contribution in [0.3, 0.4) is 0 Å². The van der Waals surface area contributed by atoms with Crippen molar-refractivity contribution in [2.24, 2.45) is 5.73 Å². The van der Waals surface area contributed by atoms with Gasteiger partial charge in [0, 0.05) is 17.1 Å². The summed E-state index contributed by atoms with van der Waals surface area (Å²) in [5.74, 6) is -1.33. The molecule has 2 heterocycles. The van der Waals surface area contributed by atoms with E-state index in [4.69, 9.17) is 10.5 Å². The van der Waals surface area contributed by atoms with E-state index in [0.29, 0.717) is 5.56 Å². The van der Waals surface area contributed by atoms with E-state index in [1.54, 1.807) is 13.1 Å². The van der Waals surface area contributed by atoms with Gasteiger partial charge < -0.3 is 15.6 Å². The Kier molecular flexibility index (Phi) is 2.25. The van der Waals surface area contributed by atoms with Gasteiger partial charge in [-0.2, -0.15) is 0 Å². The zero-order valence-corrected chi connectivity index (χ0v) is 10.3. The molecule has 0 amide bonds. The number of hydrogen-bond acceptors (Lipinski definition) is 5. The van der Waals surface area contributed by atoms with Crippen molar-refractivity contribution in [2.75, 3.05) is 0 Å². The molecule has 0 aliphatic carbocycles. The Morgan fingerprint density at radius 2 is 2.11 bits per heavy atom. The Morgan fingerprint density at radius 3 is 2.79 bits per heavy atom. The molecule has 1 aromatic heterocycles. The lowest BCUT2D eigenvalue weighted by molar-refractivity contribution is -0.131. The Balaban J connectivity index is 2.13. The molecule has 5 nitrogen and oxygen atoms in total. The molecule has 3 rings (SSSR count). The van der Waals surface area contributed by atoms with E-state index in [1.165, 1.54) is 0 Å². The molecular weight excluding hydrogens is 244 g/mol. The number of benzene rings is 1. The highest BCUT2D eigenvalue weighted by molar-refractivity contribution is 6.02. The van der Waals surface area contributed by atoms with Crippen molar-refractivity contribution in [2.45, 2.75) is 12.5 Å². The number of Topliss-reactive ketones (excluding diaryl/α,β-unsaturated/α-hetero) is 1. The molecular formula is C14H12N2O3. The third kappa shape index (κ3) is 1.55. The smallest absolute Gasteiger partial charge is 0.250 e. The number of fused-ring (bicyclic) bond motifs is 1. The summed E-state index contributed by atoms with van der Waals surface area (Å²) in [5, 5.41) is 10.4. The minimum Gasteiger partial charge on any atom is -0.501 e. The van der Waals surface area contributed by atoms with Crippen molar-refractivity contribution < 1.29 is 14.6 Å². The molecule has 3 N–H and O–H groups in total. The van der Waals surface area contributed by atoms with Gasteiger partial charge in [0.1, 0.15) is 0 Å². The minimum atomic E-state index is -1.31. The van der Waals surface area contributed by atoms with E-state index in [-0.39, 0.29) is 5.88 Å². The number of carbonyl (C=O) groups is 1. The first-order valence-electron chi connectivity index (χ1n) is 5.80. The summed E-state index contributed by atoms with van der Waals surface area (Å²) >= 11 is 0. The third-order valence-electron chi connectivity index (χ3n) is 3.34. The molecule has 1 aliphatic rings. The van der Waals surface area contributed by atoms with E-state index in [0.717, 1.165) is 10.9 Å². The molecule has 5 heteroatoms. The fourth-order valence-electron chi connectivity index (χ4n) is 2.17. The zero-order valence-electron chi connectivity index (χ0n) is 10.3. The van der Waals surface area contributed by atoms with Crippen molar-refractivity contribution in [1.29, 1.82) is 0 Å². The predicted molar refractivity (Wildman–Crippen MR) is 69.0 cm³/mol. The fraction of sp³-hybridized carbons (Fsp3) is 0.143. The summed E-state index contributed by atoms with van der Waals surface area (Å²) in [6, 6.07) is 9.36. The number of ketones is 1. The number of pyridine rings is 1. The standard InChI is InChI=1S/C14H12N2O3/c1-14(12(18)11(17)13(15)19-14)9-6-8-4-2-3-5-10(8)16-7-9/h2-7,17H,15H2,1H3. The van der Waals surface area contributed by atoms with Crippen LogP contribution in [0.4, 0.5) is 0 Å². The van der Waals surface area contributed by atoms with Crippen LogP contribution in [0.15, 0.2) is 48.2 Å². The first kappa shape index (κ1) is 11.5. The maximum Gasteiger partial charge on any atom is 0.250 e. The number of para-hydroxylation sites is 1. The van der Waals surface area contributed by atoms with Crippen molar-refractivity contribution in [3.05, 3.63) is 53.7 Å². The van der Waals surface area contributed by atoms with Gasteiger partial charge in [-0.1, -0.05) is 18.2 Å². The van der Waals surface area contributed by atoms with E-state index < -0.39 is 17.1 Å². The molecule has 2 aromatic rings. The number of carbonyl (C=O) groups excluding carboxylic acids is 1. The lowest BCUT2D eigenvalue weighted by atomic mass is 9.92. The average molecular weight is 256 g/mol. The van der Waals surface area contributed by atoms with E-state index in [1.807, 2.05) is 30.3 Å². The number of aliphatic hydroxyl groups is 1. The summed E-state index contributed by atoms with van der Waals surface area (Å²) in [6.45, 7) is 1.57. The Hall–Kier alpha value is -2.56. The highest BCUT2D eigenvalue weighted by Gasteiger charge is 2.47. The first-order valence-corrected chi connectivity index (χ1v) is 5.80. The summed E-state index contributed by atoms with van der Waals surface area (Å²) in [5.41, 5.74) is 5.53. The Bertz CT molecular complexity index is 723. The molecule has 0 fully saturated rings. The molecule has 1 aromatic carbocycles. The highest BCUT2D eigenvalue weighted by atomic mass is 16.5. The monoisotopic (exact) mass is 256 g/mol. The second-order valence-electron chi connectivity index (χ2n) is 4.59. The number of nitrogens with two attached hydrogens (primary N) is 1. The van der Waals surface area contributed by atoms with Crippen LogP contribution in [0.25, 0.3) is 10.9 Å². The quantitative estimate of drug-likeness (QED) is 0.811. The van der Waals surface area contributed by atoms with Gasteiger partial charge in [-0.25, -0.2) is 0 Å². The van der Waals surface area contributed by atoms with Crippen LogP contribution in [0, 0.1) is 0 Å². The number of ether oxygens (including phenoxy) is 1. The maximum atomic E-state index is 12.0. The van der Waals surface area contributed by atoms with Gasteiger partial charge >= 0.3 is 0 Å². The molecule has 1 aliphatic heterocycles. The number of hydrogen-bond donors (Lipinski definition) is 2. The van der Waals surface area contributed by atoms with Gasteiger partial charge in [0.15, 0.2) is 0 Å². The van der Waals surface area contributed by atoms with Gasteiger partial charge in [0.2, 0.25) is 17.2 Å². The number of aliphatic hydroxyl groups excluding tert-OH is 1. The minimum absolute atomic E-state index is 0.249. The lowest BCUT2D eigenvalue weighted by Crippen LogP contribution is -2.31. The molecule has 19 heavy (non-hydrogen) atoms. The van der Waals surface area contributed by atoms with Gasteiger partial charge in [-0.3, -0.25) is 9.78 Å². The lowest BCUT2D eigenvalue weighted by Gasteiger charge is -2.22. The first-order chi connectivity index (χ1) is 9.02. The molecule has 1 unspecified atom stereocenters. The number of nitrogens with zero attached hydrogens (tertiary/aromatic N) is 1. The van der Waals surface area contributed by atoms with E-state index in [2.05, 4.69) is 4.98 Å². The van der Waals surface area contributed by atoms with Crippen LogP contribution < -0.4 is 5.73 Å². The summed E-state index contributed by atoms with van der Waals surface area (Å²) in [7, 11) is 0. The molecule has 0 saturated carbocycles. The number of aromatic nitrogens is 1. The van der Waals surface area contributed by atoms with Crippen LogP contribution in [0.5, 0.6) is 0 Å². The second-order valence-corrected chi connectivity index (χ2v) is 4.59. The van der Waals surface area contributed by atoms with Gasteiger partial charge in [0.25, 0.3) is 5.78 Å². The van der Waals surface area contributed by atoms with Gasteiger partial charge in [0.05, 0.1) is 5.52 Å². The zero-order chi connectivity index (χ0) is 13.6. The summed E-state index contributed by atoms with van der Waals surface area (Å²) in [6.07, 6.45) is 1.56. The van der Waals surface area contributed by atoms with Gasteiger partial charge in [-0.05, 0) is 19.1 Å². The average Bonchev–Trinajstić information content (AvgIpc) is 2.63. The SMILES string of the molecule is CC1(c2cnc3ccccc3c2)OC(N)=C(O)C1=O. The van der Waals surface area contributed by atoms with E-state index >= 15 is 0 Å². The fourth-order valence-corrected chi connectivity index (χ4v) is 2.17. The normalized spacial score (nSPS) is 22.9. The second kappa shape index (κ2) is 3.71. The van der Waals surface area contributed by atoms with E-state index in [9.17, 15) is 9.90 Å². The van der Waals surface area contributed by atoms with Crippen LogP contribution in [-0.2, 0) is 15.1 Å². The Labute approximate surface area is 109 Å². The summed E-state index contributed by atoms with van der Waals surface area (Å²) in [4.78, 5) is 16.3. The predicted octanol–water partition coefficient (Wildman–Crippen LogP) is 1.74. The van der Waals surface area contributed by atoms with Crippen molar-refractivity contribution in [3.63, 3.8) is 0 Å². The Morgan fingerprint density at radius 1 is 1.37 bits per heavy atom.